The Labute approximate surface area is 196 Å². The van der Waals surface area contributed by atoms with Crippen LogP contribution in [0.2, 0.25) is 0 Å². The van der Waals surface area contributed by atoms with Gasteiger partial charge in [0.25, 0.3) is 5.56 Å². The van der Waals surface area contributed by atoms with Crippen molar-refractivity contribution in [3.05, 3.63) is 80.5 Å². The van der Waals surface area contributed by atoms with E-state index in [9.17, 15) is 14.7 Å². The van der Waals surface area contributed by atoms with Crippen molar-refractivity contribution in [3.8, 4) is 23.1 Å². The second-order valence-corrected chi connectivity index (χ2v) is 8.14. The number of rotatable bonds is 7. The lowest BCUT2D eigenvalue weighted by Crippen LogP contribution is -2.35. The molecular formula is C25H28N4O5. The van der Waals surface area contributed by atoms with Crippen molar-refractivity contribution in [2.45, 2.75) is 25.4 Å². The monoisotopic (exact) mass is 464 g/mol. The maximum atomic E-state index is 12.6. The largest absolute Gasteiger partial charge is 0.497 e. The highest BCUT2D eigenvalue weighted by Crippen LogP contribution is 2.29. The van der Waals surface area contributed by atoms with E-state index < -0.39 is 17.1 Å². The van der Waals surface area contributed by atoms with Gasteiger partial charge in [0.05, 0.1) is 25.9 Å². The number of aromatic amines is 1. The minimum atomic E-state index is -0.791. The highest BCUT2D eigenvalue weighted by atomic mass is 16.5. The Hall–Kier alpha value is -3.85. The fraction of sp³-hybridized carbons (Fsp3) is 0.320. The third-order valence-corrected chi connectivity index (χ3v) is 5.97. The summed E-state index contributed by atoms with van der Waals surface area (Å²) in [4.78, 5) is 34.2. The van der Waals surface area contributed by atoms with Gasteiger partial charge in [-0.3, -0.25) is 19.7 Å². The van der Waals surface area contributed by atoms with Gasteiger partial charge in [0, 0.05) is 31.9 Å². The van der Waals surface area contributed by atoms with E-state index in [1.54, 1.807) is 18.2 Å². The molecule has 3 aromatic rings. The number of ether oxygens (including phenoxy) is 2. The lowest BCUT2D eigenvalue weighted by Gasteiger charge is -2.30. The van der Waals surface area contributed by atoms with Gasteiger partial charge in [-0.05, 0) is 30.5 Å². The number of aliphatic imine (C=N–C) groups is 1. The first-order valence-corrected chi connectivity index (χ1v) is 11.1. The summed E-state index contributed by atoms with van der Waals surface area (Å²) >= 11 is 0. The molecule has 2 N–H and O–H groups in total. The topological polar surface area (TPSA) is 109 Å². The van der Waals surface area contributed by atoms with Gasteiger partial charge in [-0.1, -0.05) is 30.3 Å². The molecule has 2 aromatic carbocycles. The first-order chi connectivity index (χ1) is 16.5. The molecule has 178 valence electrons. The van der Waals surface area contributed by atoms with Crippen molar-refractivity contribution in [3.63, 3.8) is 0 Å². The number of hydrogen-bond acceptors (Lipinski definition) is 7. The van der Waals surface area contributed by atoms with Crippen LogP contribution in [0.4, 0.5) is 0 Å². The quantitative estimate of drug-likeness (QED) is 0.520. The molecule has 0 spiro atoms. The lowest BCUT2D eigenvalue weighted by atomic mass is 10.0. The number of H-pyrrole nitrogens is 1. The minimum absolute atomic E-state index is 0.0255. The number of aromatic hydroxyl groups is 1. The fourth-order valence-electron chi connectivity index (χ4n) is 4.10. The molecule has 0 atom stereocenters. The van der Waals surface area contributed by atoms with Gasteiger partial charge in [0.15, 0.2) is 0 Å². The smallest absolute Gasteiger partial charge is 0.335 e. The molecule has 1 aliphatic rings. The maximum Gasteiger partial charge on any atom is 0.335 e. The average molecular weight is 465 g/mol. The van der Waals surface area contributed by atoms with Gasteiger partial charge in [-0.2, -0.15) is 0 Å². The molecule has 34 heavy (non-hydrogen) atoms. The molecule has 9 heteroatoms. The van der Waals surface area contributed by atoms with E-state index in [4.69, 9.17) is 9.47 Å². The molecule has 1 fully saturated rings. The number of aromatic nitrogens is 2. The summed E-state index contributed by atoms with van der Waals surface area (Å²) < 4.78 is 11.5. The second-order valence-electron chi connectivity index (χ2n) is 8.14. The van der Waals surface area contributed by atoms with Crippen LogP contribution in [0, 0.1) is 0 Å². The highest BCUT2D eigenvalue weighted by molar-refractivity contribution is 5.82. The number of nitrogens with one attached hydrogen (secondary N) is 1. The molecule has 0 amide bonds. The van der Waals surface area contributed by atoms with Crippen LogP contribution < -0.4 is 20.7 Å². The summed E-state index contributed by atoms with van der Waals surface area (Å²) in [6, 6.07) is 15.2. The van der Waals surface area contributed by atoms with E-state index in [0.29, 0.717) is 11.5 Å². The van der Waals surface area contributed by atoms with E-state index in [1.807, 2.05) is 18.2 Å². The van der Waals surface area contributed by atoms with Crippen LogP contribution in [0.5, 0.6) is 17.4 Å². The number of methoxy groups -OCH3 is 2. The van der Waals surface area contributed by atoms with Crippen molar-refractivity contribution >= 4 is 6.21 Å². The fourth-order valence-corrected chi connectivity index (χ4v) is 4.10. The summed E-state index contributed by atoms with van der Waals surface area (Å²) in [5.41, 5.74) is -0.0666. The minimum Gasteiger partial charge on any atom is -0.497 e. The molecule has 1 aliphatic heterocycles. The summed E-state index contributed by atoms with van der Waals surface area (Å²) in [6.07, 6.45) is 3.03. The van der Waals surface area contributed by atoms with Crippen LogP contribution in [-0.2, 0) is 6.54 Å². The first kappa shape index (κ1) is 23.3. The van der Waals surface area contributed by atoms with Crippen molar-refractivity contribution in [2.24, 2.45) is 4.99 Å². The SMILES string of the molecule is COc1ccc(OC)c(-n2c(O)c(C=NC3CCN(Cc4ccccc4)CC3)c(=O)[nH]c2=O)c1. The normalized spacial score (nSPS) is 15.0. The third kappa shape index (κ3) is 5.04. The van der Waals surface area contributed by atoms with Crippen molar-refractivity contribution in [1.82, 2.24) is 14.5 Å². The zero-order valence-electron chi connectivity index (χ0n) is 19.2. The predicted octanol–water partition coefficient (Wildman–Crippen LogP) is 2.33. The summed E-state index contributed by atoms with van der Waals surface area (Å²) in [7, 11) is 2.94. The lowest BCUT2D eigenvalue weighted by molar-refractivity contribution is 0.206. The van der Waals surface area contributed by atoms with Gasteiger partial charge in [-0.15, -0.1) is 0 Å². The maximum absolute atomic E-state index is 12.6. The Bertz CT molecular complexity index is 1270. The zero-order chi connectivity index (χ0) is 24.1. The van der Waals surface area contributed by atoms with E-state index in [1.165, 1.54) is 26.0 Å². The first-order valence-electron chi connectivity index (χ1n) is 11.1. The second kappa shape index (κ2) is 10.4. The van der Waals surface area contributed by atoms with Crippen LogP contribution in [0.15, 0.2) is 63.1 Å². The van der Waals surface area contributed by atoms with E-state index in [2.05, 4.69) is 27.0 Å². The zero-order valence-corrected chi connectivity index (χ0v) is 19.2. The van der Waals surface area contributed by atoms with Crippen molar-refractivity contribution in [1.29, 1.82) is 0 Å². The standard InChI is InChI=1S/C25H28N4O5/c1-33-19-8-9-22(34-2)21(14-19)29-24(31)20(23(30)27-25(29)32)15-26-18-10-12-28(13-11-18)16-17-6-4-3-5-7-17/h3-9,14-15,18,31H,10-13,16H2,1-2H3,(H,27,30,32). The average Bonchev–Trinajstić information content (AvgIpc) is 2.85. The van der Waals surface area contributed by atoms with E-state index in [-0.39, 0.29) is 17.3 Å². The van der Waals surface area contributed by atoms with Crippen LogP contribution >= 0.6 is 0 Å². The molecule has 1 saturated heterocycles. The number of hydrogen-bond donors (Lipinski definition) is 2. The Morgan fingerprint density at radius 1 is 1.09 bits per heavy atom. The van der Waals surface area contributed by atoms with Crippen LogP contribution in [0.3, 0.4) is 0 Å². The van der Waals surface area contributed by atoms with Crippen molar-refractivity contribution in [2.75, 3.05) is 27.3 Å². The summed E-state index contributed by atoms with van der Waals surface area (Å²) in [6.45, 7) is 2.67. The molecule has 0 unspecified atom stereocenters. The van der Waals surface area contributed by atoms with Crippen LogP contribution in [0.1, 0.15) is 24.0 Å². The molecule has 1 aromatic heterocycles. The number of benzene rings is 2. The molecular weight excluding hydrogens is 436 g/mol. The Balaban J connectivity index is 1.55. The predicted molar refractivity (Wildman–Crippen MR) is 130 cm³/mol. The number of nitrogens with zero attached hydrogens (tertiary/aromatic N) is 3. The molecule has 0 radical (unpaired) electrons. The molecule has 0 bridgehead atoms. The van der Waals surface area contributed by atoms with E-state index >= 15 is 0 Å². The third-order valence-electron chi connectivity index (χ3n) is 5.97. The molecule has 9 nitrogen and oxygen atoms in total. The summed E-state index contributed by atoms with van der Waals surface area (Å²) in [5.74, 6) is 0.287. The van der Waals surface area contributed by atoms with Crippen LogP contribution in [0.25, 0.3) is 5.69 Å². The number of likely N-dealkylation sites (tertiary alicyclic amines) is 1. The Morgan fingerprint density at radius 2 is 1.82 bits per heavy atom. The molecule has 0 aliphatic carbocycles. The summed E-state index contributed by atoms with van der Waals surface area (Å²) in [5, 5.41) is 10.9. The van der Waals surface area contributed by atoms with Gasteiger partial charge >= 0.3 is 5.69 Å². The van der Waals surface area contributed by atoms with Gasteiger partial charge in [0.1, 0.15) is 17.1 Å². The molecule has 2 heterocycles. The van der Waals surface area contributed by atoms with Crippen LogP contribution in [-0.4, -0.2) is 59.1 Å². The Kier molecular flexibility index (Phi) is 7.12. The number of piperidine rings is 1. The van der Waals surface area contributed by atoms with E-state index in [0.717, 1.165) is 37.0 Å². The van der Waals surface area contributed by atoms with Crippen molar-refractivity contribution < 1.29 is 14.6 Å². The highest BCUT2D eigenvalue weighted by Gasteiger charge is 2.21. The Morgan fingerprint density at radius 3 is 2.50 bits per heavy atom. The molecule has 0 saturated carbocycles. The van der Waals surface area contributed by atoms with Gasteiger partial charge in [0.2, 0.25) is 5.88 Å². The van der Waals surface area contributed by atoms with Gasteiger partial charge in [-0.25, -0.2) is 9.36 Å². The molecule has 4 rings (SSSR count). The van der Waals surface area contributed by atoms with Gasteiger partial charge < -0.3 is 14.6 Å².